The predicted octanol–water partition coefficient (Wildman–Crippen LogP) is 2.22. The number of aliphatic hydroxyl groups excluding tert-OH is 1. The van der Waals surface area contributed by atoms with Crippen molar-refractivity contribution in [3.63, 3.8) is 0 Å². The average Bonchev–Trinajstić information content (AvgIpc) is 3.09. The van der Waals surface area contributed by atoms with Gasteiger partial charge in [0.05, 0.1) is 12.0 Å². The minimum atomic E-state index is -1.12. The number of allylic oxidation sites excluding steroid dienone is 2. The van der Waals surface area contributed by atoms with Gasteiger partial charge in [0.2, 0.25) is 0 Å². The molecule has 0 spiro atoms. The zero-order chi connectivity index (χ0) is 19.2. The molecule has 6 nitrogen and oxygen atoms in total. The maximum absolute atomic E-state index is 12.5. The van der Waals surface area contributed by atoms with E-state index >= 15 is 0 Å². The summed E-state index contributed by atoms with van der Waals surface area (Å²) in [5.41, 5.74) is 1.03. The van der Waals surface area contributed by atoms with Crippen LogP contribution in [0.15, 0.2) is 35.5 Å². The first-order valence-corrected chi connectivity index (χ1v) is 8.94. The van der Waals surface area contributed by atoms with Crippen LogP contribution in [0.5, 0.6) is 0 Å². The van der Waals surface area contributed by atoms with Gasteiger partial charge in [-0.2, -0.15) is 0 Å². The molecule has 2 saturated heterocycles. The van der Waals surface area contributed by atoms with E-state index in [1.807, 2.05) is 19.1 Å². The van der Waals surface area contributed by atoms with Crippen LogP contribution in [0.4, 0.5) is 0 Å². The normalized spacial score (nSPS) is 40.1. The van der Waals surface area contributed by atoms with E-state index in [1.165, 1.54) is 0 Å². The van der Waals surface area contributed by atoms with Gasteiger partial charge < -0.3 is 19.3 Å². The molecule has 0 aromatic carbocycles. The van der Waals surface area contributed by atoms with E-state index in [2.05, 4.69) is 6.58 Å². The lowest BCUT2D eigenvalue weighted by atomic mass is 9.83. The number of fused-ring (bicyclic) bond motifs is 1. The first kappa shape index (κ1) is 18.9. The zero-order valence-electron chi connectivity index (χ0n) is 15.7. The summed E-state index contributed by atoms with van der Waals surface area (Å²) in [6.07, 6.45) is 2.38. The molecule has 0 aromatic heterocycles. The quantitative estimate of drug-likeness (QED) is 0.351. The van der Waals surface area contributed by atoms with Crippen LogP contribution in [0.1, 0.15) is 40.5 Å². The fraction of sp³-hybridized carbons (Fsp3) is 0.600. The first-order valence-electron chi connectivity index (χ1n) is 8.94. The lowest BCUT2D eigenvalue weighted by molar-refractivity contribution is -0.160. The second-order valence-corrected chi connectivity index (χ2v) is 7.62. The highest BCUT2D eigenvalue weighted by molar-refractivity contribution is 5.91. The van der Waals surface area contributed by atoms with Crippen molar-refractivity contribution in [3.8, 4) is 0 Å². The number of carbonyl (C=O) groups excluding carboxylic acids is 2. The molecule has 1 aliphatic carbocycles. The number of aliphatic hydroxyl groups is 1. The second-order valence-electron chi connectivity index (χ2n) is 7.62. The fourth-order valence-corrected chi connectivity index (χ4v) is 3.60. The molecule has 3 rings (SSSR count). The summed E-state index contributed by atoms with van der Waals surface area (Å²) in [5.74, 6) is -1.66. The van der Waals surface area contributed by atoms with Crippen molar-refractivity contribution in [1.29, 1.82) is 0 Å². The number of hydrogen-bond acceptors (Lipinski definition) is 6. The van der Waals surface area contributed by atoms with Crippen LogP contribution in [0.2, 0.25) is 0 Å². The van der Waals surface area contributed by atoms with Gasteiger partial charge in [0.1, 0.15) is 18.3 Å². The van der Waals surface area contributed by atoms with E-state index in [0.29, 0.717) is 12.8 Å². The number of hydrogen-bond donors (Lipinski definition) is 1. The van der Waals surface area contributed by atoms with E-state index in [9.17, 15) is 14.7 Å². The molecular formula is C20H26O6. The SMILES string of the molecule is C=C1C(=O)OC2CC(C)=CCC=C(C)C(OC(=O)C3(C)OC3C)C(O)C12. The maximum atomic E-state index is 12.5. The molecule has 0 amide bonds. The van der Waals surface area contributed by atoms with Crippen molar-refractivity contribution in [2.45, 2.75) is 70.6 Å². The molecule has 6 unspecified atom stereocenters. The largest absolute Gasteiger partial charge is 0.458 e. The van der Waals surface area contributed by atoms with Crippen LogP contribution < -0.4 is 0 Å². The highest BCUT2D eigenvalue weighted by Crippen LogP contribution is 2.40. The lowest BCUT2D eigenvalue weighted by Crippen LogP contribution is -2.44. The first-order chi connectivity index (χ1) is 12.1. The van der Waals surface area contributed by atoms with Crippen LogP contribution in [0.25, 0.3) is 0 Å². The molecule has 26 heavy (non-hydrogen) atoms. The number of epoxide rings is 1. The average molecular weight is 362 g/mol. The van der Waals surface area contributed by atoms with E-state index in [-0.39, 0.29) is 11.7 Å². The molecule has 6 heteroatoms. The Hall–Kier alpha value is -1.92. The van der Waals surface area contributed by atoms with Gasteiger partial charge >= 0.3 is 11.9 Å². The molecular weight excluding hydrogens is 336 g/mol. The molecule has 0 radical (unpaired) electrons. The standard InChI is InChI=1S/C20H26O6/c1-10-7-6-8-11(2)17(25-19(23)20(5)13(4)26-20)16(21)15-12(3)18(22)24-14(15)9-10/h7-8,13-17,21H,3,6,9H2,1-2,4-5H3. The smallest absolute Gasteiger partial charge is 0.341 e. The minimum absolute atomic E-state index is 0.215. The van der Waals surface area contributed by atoms with Gasteiger partial charge in [0.25, 0.3) is 0 Å². The molecule has 2 heterocycles. The highest BCUT2D eigenvalue weighted by atomic mass is 16.7. The molecule has 0 saturated carbocycles. The molecule has 6 atom stereocenters. The maximum Gasteiger partial charge on any atom is 0.341 e. The number of esters is 2. The molecule has 1 N–H and O–H groups in total. The van der Waals surface area contributed by atoms with Crippen molar-refractivity contribution in [1.82, 2.24) is 0 Å². The van der Waals surface area contributed by atoms with E-state index in [1.54, 1.807) is 20.8 Å². The molecule has 142 valence electrons. The number of rotatable bonds is 2. The summed E-state index contributed by atoms with van der Waals surface area (Å²) >= 11 is 0. The summed E-state index contributed by atoms with van der Waals surface area (Å²) in [7, 11) is 0. The van der Waals surface area contributed by atoms with Gasteiger partial charge in [-0.05, 0) is 39.7 Å². The fourth-order valence-electron chi connectivity index (χ4n) is 3.60. The monoisotopic (exact) mass is 362 g/mol. The topological polar surface area (TPSA) is 85.4 Å². The van der Waals surface area contributed by atoms with Crippen LogP contribution in [0.3, 0.4) is 0 Å². The zero-order valence-corrected chi connectivity index (χ0v) is 15.7. The number of carbonyl (C=O) groups is 2. The van der Waals surface area contributed by atoms with Crippen LogP contribution >= 0.6 is 0 Å². The highest BCUT2D eigenvalue weighted by Gasteiger charge is 2.58. The van der Waals surface area contributed by atoms with Gasteiger partial charge in [0.15, 0.2) is 5.60 Å². The van der Waals surface area contributed by atoms with Gasteiger partial charge in [-0.1, -0.05) is 24.3 Å². The summed E-state index contributed by atoms with van der Waals surface area (Å²) in [6.45, 7) is 11.0. The van der Waals surface area contributed by atoms with Crippen molar-refractivity contribution < 1.29 is 28.9 Å². The molecule has 3 aliphatic rings. The lowest BCUT2D eigenvalue weighted by Gasteiger charge is -2.31. The minimum Gasteiger partial charge on any atom is -0.458 e. The van der Waals surface area contributed by atoms with E-state index < -0.39 is 41.8 Å². The third-order valence-corrected chi connectivity index (χ3v) is 5.66. The van der Waals surface area contributed by atoms with Crippen molar-refractivity contribution >= 4 is 11.9 Å². The van der Waals surface area contributed by atoms with Gasteiger partial charge in [-0.3, -0.25) is 0 Å². The van der Waals surface area contributed by atoms with Crippen LogP contribution in [-0.2, 0) is 23.8 Å². The summed E-state index contributed by atoms with van der Waals surface area (Å²) in [6, 6.07) is 0. The van der Waals surface area contributed by atoms with Gasteiger partial charge in [0, 0.05) is 12.0 Å². The Morgan fingerprint density at radius 1 is 1.38 bits per heavy atom. The Kier molecular flexibility index (Phi) is 4.84. The van der Waals surface area contributed by atoms with Crippen molar-refractivity contribution in [2.24, 2.45) is 5.92 Å². The summed E-state index contributed by atoms with van der Waals surface area (Å²) in [5, 5.41) is 11.0. The number of ether oxygens (including phenoxy) is 3. The third-order valence-electron chi connectivity index (χ3n) is 5.66. The Bertz CT molecular complexity index is 705. The van der Waals surface area contributed by atoms with Crippen molar-refractivity contribution in [2.75, 3.05) is 0 Å². The molecule has 2 fully saturated rings. The summed E-state index contributed by atoms with van der Waals surface area (Å²) in [4.78, 5) is 24.5. The van der Waals surface area contributed by atoms with E-state index in [0.717, 1.165) is 11.1 Å². The molecule has 0 bridgehead atoms. The molecule has 0 aromatic rings. The Balaban J connectivity index is 1.92. The van der Waals surface area contributed by atoms with Gasteiger partial charge in [-0.15, -0.1) is 0 Å². The third kappa shape index (κ3) is 3.23. The van der Waals surface area contributed by atoms with Crippen LogP contribution in [-0.4, -0.2) is 47.1 Å². The van der Waals surface area contributed by atoms with E-state index in [4.69, 9.17) is 14.2 Å². The second kappa shape index (κ2) is 6.67. The van der Waals surface area contributed by atoms with Gasteiger partial charge in [-0.25, -0.2) is 9.59 Å². The Morgan fingerprint density at radius 2 is 2.04 bits per heavy atom. The predicted molar refractivity (Wildman–Crippen MR) is 94.1 cm³/mol. The van der Waals surface area contributed by atoms with Crippen molar-refractivity contribution in [3.05, 3.63) is 35.5 Å². The summed E-state index contributed by atoms with van der Waals surface area (Å²) < 4.78 is 16.4. The molecule has 2 aliphatic heterocycles. The Labute approximate surface area is 153 Å². The van der Waals surface area contributed by atoms with Crippen LogP contribution in [0, 0.1) is 5.92 Å². The Morgan fingerprint density at radius 3 is 2.65 bits per heavy atom.